The number of pyridine rings is 1. The van der Waals surface area contributed by atoms with Gasteiger partial charge in [0.15, 0.2) is 0 Å². The lowest BCUT2D eigenvalue weighted by molar-refractivity contribution is -0.695. The predicted octanol–water partition coefficient (Wildman–Crippen LogP) is 14.8. The Hall–Kier alpha value is -6.52. The summed E-state index contributed by atoms with van der Waals surface area (Å²) in [6.07, 6.45) is -54.8. The van der Waals surface area contributed by atoms with Crippen molar-refractivity contribution >= 4 is 69.9 Å². The second-order valence-electron chi connectivity index (χ2n) is 17.0. The summed E-state index contributed by atoms with van der Waals surface area (Å²) in [5.41, 5.74) is -28.6. The van der Waals surface area contributed by atoms with Crippen LogP contribution in [0.3, 0.4) is 0 Å². The summed E-state index contributed by atoms with van der Waals surface area (Å²) in [7, 11) is 0. The van der Waals surface area contributed by atoms with Gasteiger partial charge in [0.2, 0.25) is 22.9 Å². The summed E-state index contributed by atoms with van der Waals surface area (Å²) in [4.78, 5) is 13.3. The van der Waals surface area contributed by atoms with E-state index in [2.05, 4.69) is 25.3 Å². The number of ketones is 1. The molecule has 0 amide bonds. The molecule has 7 rings (SSSR count). The van der Waals surface area contributed by atoms with E-state index in [4.69, 9.17) is 0 Å². The number of carbonyl (C=O) groups excluding carboxylic acids is 1. The molecule has 6 aromatic carbocycles. The molecule has 0 aliphatic heterocycles. The summed E-state index contributed by atoms with van der Waals surface area (Å²) in [5.74, 6) is 0.0555. The molecule has 29 heteroatoms. The van der Waals surface area contributed by atoms with E-state index >= 15 is 0 Å². The van der Waals surface area contributed by atoms with E-state index in [1.807, 2.05) is 65.2 Å². The number of fused-ring (bicyclic) bond motifs is 1. The molecule has 1 aromatic heterocycles. The molecule has 416 valence electrons. The Morgan fingerprint density at radius 1 is 0.359 bits per heavy atom. The Labute approximate surface area is 433 Å². The van der Waals surface area contributed by atoms with Gasteiger partial charge >= 0.3 is 49.4 Å². The Bertz CT molecular complexity index is 2930. The molecular formula is C49H26BF24NOS2. The molecule has 0 aliphatic carbocycles. The largest absolute Gasteiger partial charge is 0.416 e. The van der Waals surface area contributed by atoms with E-state index < -0.39 is 195 Å². The fraction of sp³-hybridized carbons (Fsp3) is 0.184. The fourth-order valence-corrected chi connectivity index (χ4v) is 9.02. The highest BCUT2D eigenvalue weighted by molar-refractivity contribution is 7.80. The molecule has 78 heavy (non-hydrogen) atoms. The van der Waals surface area contributed by atoms with E-state index in [-0.39, 0.29) is 12.3 Å². The Kier molecular flexibility index (Phi) is 16.3. The van der Waals surface area contributed by atoms with Gasteiger partial charge in [-0.15, -0.1) is 12.6 Å². The summed E-state index contributed by atoms with van der Waals surface area (Å²) in [5, 5.41) is 1.79. The third-order valence-electron chi connectivity index (χ3n) is 11.8. The number of rotatable bonds is 7. The zero-order chi connectivity index (χ0) is 58.7. The predicted molar refractivity (Wildman–Crippen MR) is 239 cm³/mol. The number of Topliss-reactive ketones (excluding diaryl/α,β-unsaturated/α-hetero) is 1. The normalized spacial score (nSPS) is 13.4. The quantitative estimate of drug-likeness (QED) is 0.0536. The van der Waals surface area contributed by atoms with Crippen LogP contribution in [0.2, 0.25) is 0 Å². The molecule has 0 fully saturated rings. The van der Waals surface area contributed by atoms with E-state index in [9.17, 15) is 110 Å². The molecule has 0 spiro atoms. The number of nitrogens with zero attached hydrogens (tertiary/aromatic N) is 1. The van der Waals surface area contributed by atoms with Gasteiger partial charge in [0.25, 0.3) is 0 Å². The first-order valence-electron chi connectivity index (χ1n) is 21.2. The van der Waals surface area contributed by atoms with Crippen molar-refractivity contribution in [3.63, 3.8) is 0 Å². The van der Waals surface area contributed by atoms with E-state index in [0.717, 1.165) is 20.8 Å². The van der Waals surface area contributed by atoms with Gasteiger partial charge in [0, 0.05) is 17.0 Å². The van der Waals surface area contributed by atoms with Crippen molar-refractivity contribution < 1.29 is 115 Å². The smallest absolute Gasteiger partial charge is 0.287 e. The number of benzene rings is 6. The third-order valence-corrected chi connectivity index (χ3v) is 12.6. The molecule has 0 saturated carbocycles. The number of aromatic nitrogens is 1. The van der Waals surface area contributed by atoms with Crippen LogP contribution in [-0.2, 0) is 56.0 Å². The molecule has 0 saturated heterocycles. The first-order chi connectivity index (χ1) is 35.4. The van der Waals surface area contributed by atoms with Crippen LogP contribution in [0.1, 0.15) is 54.9 Å². The molecule has 0 radical (unpaired) electrons. The van der Waals surface area contributed by atoms with Gasteiger partial charge in [-0.05, 0) is 42.5 Å². The minimum absolute atomic E-state index is 0.0555. The van der Waals surface area contributed by atoms with Gasteiger partial charge in [0.1, 0.15) is 6.15 Å². The van der Waals surface area contributed by atoms with Crippen molar-refractivity contribution in [1.29, 1.82) is 0 Å². The zero-order valence-electron chi connectivity index (χ0n) is 37.8. The SMILES string of the molecule is FC(F)(F)c1cc([B-](c2cc(C(F)(F)F)cc(C(F)(F)F)c2)(c2cc(C(F)(F)F)cc(C(F)(F)F)c2)c2cc(C(F)(F)F)cc(C(F)(F)F)c2)cc(C(F)(F)F)c1.O=C(C[n+]1c(S)ccc2cccc(S)c21)c1ccccc1. The molecule has 0 aliphatic rings. The van der Waals surface area contributed by atoms with Gasteiger partial charge in [-0.2, -0.15) is 132 Å². The lowest BCUT2D eigenvalue weighted by Gasteiger charge is -2.46. The topological polar surface area (TPSA) is 20.9 Å². The molecule has 0 atom stereocenters. The van der Waals surface area contributed by atoms with E-state index in [1.165, 1.54) is 0 Å². The minimum Gasteiger partial charge on any atom is -0.287 e. The van der Waals surface area contributed by atoms with Crippen LogP contribution in [0.5, 0.6) is 0 Å². The molecule has 2 nitrogen and oxygen atoms in total. The third kappa shape index (κ3) is 13.3. The average molecular weight is 1180 g/mol. The lowest BCUT2D eigenvalue weighted by atomic mass is 9.12. The van der Waals surface area contributed by atoms with E-state index in [0.29, 0.717) is 5.56 Å². The molecule has 1 heterocycles. The van der Waals surface area contributed by atoms with Crippen molar-refractivity contribution in [2.45, 2.75) is 65.9 Å². The van der Waals surface area contributed by atoms with Gasteiger partial charge < -0.3 is 0 Å². The van der Waals surface area contributed by atoms with Crippen LogP contribution >= 0.6 is 25.3 Å². The highest BCUT2D eigenvalue weighted by Gasteiger charge is 2.47. The van der Waals surface area contributed by atoms with Gasteiger partial charge in [-0.25, -0.2) is 0 Å². The minimum atomic E-state index is -6.13. The van der Waals surface area contributed by atoms with Crippen molar-refractivity contribution in [3.05, 3.63) is 184 Å². The fourth-order valence-electron chi connectivity index (χ4n) is 8.44. The van der Waals surface area contributed by atoms with Crippen LogP contribution < -0.4 is 26.4 Å². The van der Waals surface area contributed by atoms with Crippen molar-refractivity contribution in [2.75, 3.05) is 0 Å². The number of hydrogen-bond acceptors (Lipinski definition) is 3. The monoisotopic (exact) mass is 1180 g/mol. The second-order valence-corrected chi connectivity index (χ2v) is 17.9. The molecule has 0 N–H and O–H groups in total. The summed E-state index contributed by atoms with van der Waals surface area (Å²) >= 11 is 9.00. The van der Waals surface area contributed by atoms with Crippen molar-refractivity contribution in [2.24, 2.45) is 0 Å². The number of halogens is 24. The Balaban J connectivity index is 0.000000387. The van der Waals surface area contributed by atoms with Crippen LogP contribution in [0.4, 0.5) is 105 Å². The Morgan fingerprint density at radius 3 is 0.910 bits per heavy atom. The number of alkyl halides is 24. The van der Waals surface area contributed by atoms with Crippen LogP contribution in [0.15, 0.2) is 143 Å². The summed E-state index contributed by atoms with van der Waals surface area (Å²) in [6, 6.07) is 10.2. The second kappa shape index (κ2) is 20.9. The number of hydrogen-bond donors (Lipinski definition) is 2. The lowest BCUT2D eigenvalue weighted by Crippen LogP contribution is -2.75. The van der Waals surface area contributed by atoms with Crippen molar-refractivity contribution in [1.82, 2.24) is 0 Å². The highest BCUT2D eigenvalue weighted by Crippen LogP contribution is 2.41. The molecule has 0 unspecified atom stereocenters. The van der Waals surface area contributed by atoms with Crippen LogP contribution in [0.25, 0.3) is 10.9 Å². The zero-order valence-corrected chi connectivity index (χ0v) is 39.6. The number of thiol groups is 2. The van der Waals surface area contributed by atoms with Gasteiger partial charge in [-0.3, -0.25) is 4.79 Å². The van der Waals surface area contributed by atoms with Crippen LogP contribution in [-0.4, -0.2) is 11.9 Å². The number of carbonyl (C=O) groups is 1. The maximum atomic E-state index is 14.2. The van der Waals surface area contributed by atoms with Gasteiger partial charge in [0.05, 0.1) is 49.4 Å². The van der Waals surface area contributed by atoms with Crippen molar-refractivity contribution in [3.8, 4) is 0 Å². The molecular weight excluding hydrogens is 1150 g/mol. The summed E-state index contributed by atoms with van der Waals surface area (Å²) < 4.78 is 343. The Morgan fingerprint density at radius 2 is 0.641 bits per heavy atom. The molecule has 7 aromatic rings. The highest BCUT2D eigenvalue weighted by atomic mass is 32.1. The van der Waals surface area contributed by atoms with E-state index in [1.54, 1.807) is 0 Å². The molecule has 0 bridgehead atoms. The average Bonchev–Trinajstić information content (AvgIpc) is 3.35. The first-order valence-corrected chi connectivity index (χ1v) is 22.1. The summed E-state index contributed by atoms with van der Waals surface area (Å²) in [6.45, 7) is 0.248. The van der Waals surface area contributed by atoms with Gasteiger partial charge in [-0.1, -0.05) is 97.6 Å². The number of para-hydroxylation sites is 1. The maximum absolute atomic E-state index is 14.2. The van der Waals surface area contributed by atoms with Crippen LogP contribution in [0, 0.1) is 0 Å². The standard InChI is InChI=1S/C32H12BF24.C17H13NOS2/c34-25(35,36)13-1-14(26(37,38)39)6-21(5-13)33(22-7-15(27(40,41)42)2-16(8-22)28(43,44)45,23-9-17(29(46,47)48)3-18(10-23)30(49,50)51)24-11-19(31(52,53)54)4-20(12-24)32(55,56)57;19-14(12-5-2-1-3-6-12)11-18-16(21)10-9-13-7-4-8-15(20)17(13)18/h1-12H;1-10,20H,11H2/q-1;/p+1. The first kappa shape index (κ1) is 60.7. The maximum Gasteiger partial charge on any atom is 0.416 e.